The highest BCUT2D eigenvalue weighted by Gasteiger charge is 2.21. The molecular formula is C15H29NO. The van der Waals surface area contributed by atoms with Crippen LogP contribution >= 0.6 is 0 Å². The van der Waals surface area contributed by atoms with E-state index >= 15 is 0 Å². The van der Waals surface area contributed by atoms with Crippen LogP contribution in [0.4, 0.5) is 0 Å². The zero-order chi connectivity index (χ0) is 11.9. The van der Waals surface area contributed by atoms with Crippen LogP contribution in [0.25, 0.3) is 0 Å². The fraction of sp³-hybridized carbons (Fsp3) is 1.00. The molecule has 0 heterocycles. The summed E-state index contributed by atoms with van der Waals surface area (Å²) < 4.78 is 6.02. The summed E-state index contributed by atoms with van der Waals surface area (Å²) in [5.74, 6) is 0.784. The largest absolute Gasteiger partial charge is 0.378 e. The van der Waals surface area contributed by atoms with Gasteiger partial charge in [-0.05, 0) is 44.6 Å². The summed E-state index contributed by atoms with van der Waals surface area (Å²) in [5.41, 5.74) is 0. The third-order valence-corrected chi connectivity index (χ3v) is 4.47. The first-order valence-electron chi connectivity index (χ1n) is 7.71. The molecule has 2 aliphatic rings. The molecule has 2 atom stereocenters. The summed E-state index contributed by atoms with van der Waals surface area (Å²) >= 11 is 0. The molecule has 2 fully saturated rings. The number of ether oxygens (including phenoxy) is 1. The Labute approximate surface area is 107 Å². The standard InChI is InChI=1S/C15H29NO/c1-13-7-2-5-10-15(13)17-12-6-11-16-14-8-3-4-9-14/h13-16H,2-12H2,1H3. The summed E-state index contributed by atoms with van der Waals surface area (Å²) in [4.78, 5) is 0. The van der Waals surface area contributed by atoms with Crippen LogP contribution in [0.2, 0.25) is 0 Å². The van der Waals surface area contributed by atoms with Crippen LogP contribution in [0.1, 0.15) is 64.7 Å². The van der Waals surface area contributed by atoms with E-state index in [2.05, 4.69) is 12.2 Å². The molecule has 0 bridgehead atoms. The van der Waals surface area contributed by atoms with E-state index in [1.165, 1.54) is 57.8 Å². The molecule has 2 heteroatoms. The summed E-state index contributed by atoms with van der Waals surface area (Å²) in [6.45, 7) is 4.45. The van der Waals surface area contributed by atoms with Gasteiger partial charge in [0.15, 0.2) is 0 Å². The van der Waals surface area contributed by atoms with Crippen LogP contribution < -0.4 is 5.32 Å². The maximum absolute atomic E-state index is 6.02. The van der Waals surface area contributed by atoms with Gasteiger partial charge in [-0.2, -0.15) is 0 Å². The molecule has 17 heavy (non-hydrogen) atoms. The SMILES string of the molecule is CC1CCCCC1OCCCNC1CCCC1. The van der Waals surface area contributed by atoms with Crippen molar-refractivity contribution in [2.24, 2.45) is 5.92 Å². The van der Waals surface area contributed by atoms with E-state index in [9.17, 15) is 0 Å². The van der Waals surface area contributed by atoms with Crippen molar-refractivity contribution in [2.75, 3.05) is 13.2 Å². The molecule has 0 aromatic heterocycles. The monoisotopic (exact) mass is 239 g/mol. The lowest BCUT2D eigenvalue weighted by Crippen LogP contribution is -2.29. The van der Waals surface area contributed by atoms with E-state index in [-0.39, 0.29) is 0 Å². The van der Waals surface area contributed by atoms with Crippen molar-refractivity contribution in [3.05, 3.63) is 0 Å². The highest BCUT2D eigenvalue weighted by atomic mass is 16.5. The van der Waals surface area contributed by atoms with Crippen LogP contribution in [0.15, 0.2) is 0 Å². The minimum Gasteiger partial charge on any atom is -0.378 e. The molecule has 2 saturated carbocycles. The van der Waals surface area contributed by atoms with Crippen LogP contribution in [0, 0.1) is 5.92 Å². The lowest BCUT2D eigenvalue weighted by Gasteiger charge is -2.28. The molecule has 0 aromatic rings. The maximum atomic E-state index is 6.02. The van der Waals surface area contributed by atoms with E-state index in [0.29, 0.717) is 6.10 Å². The van der Waals surface area contributed by atoms with E-state index < -0.39 is 0 Å². The highest BCUT2D eigenvalue weighted by molar-refractivity contribution is 4.74. The number of rotatable bonds is 6. The first-order chi connectivity index (χ1) is 8.36. The Morgan fingerprint density at radius 1 is 1.00 bits per heavy atom. The van der Waals surface area contributed by atoms with Crippen molar-refractivity contribution >= 4 is 0 Å². The molecule has 2 aliphatic carbocycles. The zero-order valence-corrected chi connectivity index (χ0v) is 11.4. The van der Waals surface area contributed by atoms with E-state index in [1.54, 1.807) is 0 Å². The minimum absolute atomic E-state index is 0.551. The molecule has 2 nitrogen and oxygen atoms in total. The van der Waals surface area contributed by atoms with Gasteiger partial charge < -0.3 is 10.1 Å². The van der Waals surface area contributed by atoms with Gasteiger partial charge in [-0.1, -0.05) is 32.6 Å². The van der Waals surface area contributed by atoms with Crippen molar-refractivity contribution < 1.29 is 4.74 Å². The number of hydrogen-bond donors (Lipinski definition) is 1. The molecule has 0 radical (unpaired) electrons. The second-order valence-corrected chi connectivity index (χ2v) is 5.96. The van der Waals surface area contributed by atoms with E-state index in [0.717, 1.165) is 25.1 Å². The quantitative estimate of drug-likeness (QED) is 0.716. The molecule has 1 N–H and O–H groups in total. The van der Waals surface area contributed by atoms with Crippen LogP contribution in [0.5, 0.6) is 0 Å². The smallest absolute Gasteiger partial charge is 0.0600 e. The van der Waals surface area contributed by atoms with Crippen molar-refractivity contribution in [1.82, 2.24) is 5.32 Å². The van der Waals surface area contributed by atoms with Gasteiger partial charge in [0.1, 0.15) is 0 Å². The Hall–Kier alpha value is -0.0800. The second kappa shape index (κ2) is 7.38. The topological polar surface area (TPSA) is 21.3 Å². The molecule has 0 aromatic carbocycles. The van der Waals surface area contributed by atoms with Gasteiger partial charge in [0.05, 0.1) is 6.10 Å². The van der Waals surface area contributed by atoms with Crippen molar-refractivity contribution in [2.45, 2.75) is 76.9 Å². The third kappa shape index (κ3) is 4.59. The number of nitrogens with one attached hydrogen (secondary N) is 1. The normalized spacial score (nSPS) is 30.9. The Balaban J connectivity index is 1.47. The lowest BCUT2D eigenvalue weighted by atomic mass is 9.88. The van der Waals surface area contributed by atoms with Gasteiger partial charge in [-0.3, -0.25) is 0 Å². The molecule has 100 valence electrons. The molecule has 0 spiro atoms. The van der Waals surface area contributed by atoms with Crippen molar-refractivity contribution in [3.8, 4) is 0 Å². The Kier molecular flexibility index (Phi) is 5.79. The van der Waals surface area contributed by atoms with E-state index in [4.69, 9.17) is 4.74 Å². The minimum atomic E-state index is 0.551. The summed E-state index contributed by atoms with van der Waals surface area (Å²) in [7, 11) is 0. The predicted molar refractivity (Wildman–Crippen MR) is 72.2 cm³/mol. The fourth-order valence-corrected chi connectivity index (χ4v) is 3.27. The summed E-state index contributed by atoms with van der Waals surface area (Å²) in [5, 5.41) is 3.65. The fourth-order valence-electron chi connectivity index (χ4n) is 3.27. The first kappa shape index (κ1) is 13.4. The third-order valence-electron chi connectivity index (χ3n) is 4.47. The van der Waals surface area contributed by atoms with Crippen LogP contribution in [-0.2, 0) is 4.74 Å². The van der Waals surface area contributed by atoms with Gasteiger partial charge in [-0.25, -0.2) is 0 Å². The molecule has 2 unspecified atom stereocenters. The van der Waals surface area contributed by atoms with Crippen molar-refractivity contribution in [1.29, 1.82) is 0 Å². The van der Waals surface area contributed by atoms with Gasteiger partial charge in [0, 0.05) is 12.6 Å². The second-order valence-electron chi connectivity index (χ2n) is 5.96. The lowest BCUT2D eigenvalue weighted by molar-refractivity contribution is -0.00587. The maximum Gasteiger partial charge on any atom is 0.0600 e. The van der Waals surface area contributed by atoms with Gasteiger partial charge in [0.2, 0.25) is 0 Å². The molecule has 0 aliphatic heterocycles. The molecule has 2 rings (SSSR count). The van der Waals surface area contributed by atoms with Crippen LogP contribution in [-0.4, -0.2) is 25.3 Å². The predicted octanol–water partition coefficient (Wildman–Crippen LogP) is 3.50. The molecule has 0 saturated heterocycles. The Bertz CT molecular complexity index is 201. The van der Waals surface area contributed by atoms with Crippen LogP contribution in [0.3, 0.4) is 0 Å². The van der Waals surface area contributed by atoms with E-state index in [1.807, 2.05) is 0 Å². The highest BCUT2D eigenvalue weighted by Crippen LogP contribution is 2.26. The molecule has 0 amide bonds. The van der Waals surface area contributed by atoms with Gasteiger partial charge in [-0.15, -0.1) is 0 Å². The average Bonchev–Trinajstić information content (AvgIpc) is 2.84. The van der Waals surface area contributed by atoms with Gasteiger partial charge >= 0.3 is 0 Å². The van der Waals surface area contributed by atoms with Gasteiger partial charge in [0.25, 0.3) is 0 Å². The summed E-state index contributed by atoms with van der Waals surface area (Å²) in [6.07, 6.45) is 12.8. The number of hydrogen-bond acceptors (Lipinski definition) is 2. The average molecular weight is 239 g/mol. The Morgan fingerprint density at radius 2 is 1.71 bits per heavy atom. The first-order valence-corrected chi connectivity index (χ1v) is 7.71. The van der Waals surface area contributed by atoms with Crippen molar-refractivity contribution in [3.63, 3.8) is 0 Å². The molecular weight excluding hydrogens is 210 g/mol. The Morgan fingerprint density at radius 3 is 2.47 bits per heavy atom. The zero-order valence-electron chi connectivity index (χ0n) is 11.4. The summed E-state index contributed by atoms with van der Waals surface area (Å²) in [6, 6.07) is 0.809.